The molecule has 0 radical (unpaired) electrons. The van der Waals surface area contributed by atoms with Crippen LogP contribution in [-0.4, -0.2) is 17.1 Å². The van der Waals surface area contributed by atoms with E-state index in [1.165, 1.54) is 24.3 Å². The van der Waals surface area contributed by atoms with Gasteiger partial charge in [-0.25, -0.2) is 9.18 Å². The van der Waals surface area contributed by atoms with Gasteiger partial charge < -0.3 is 13.7 Å². The Morgan fingerprint density at radius 2 is 1.81 bits per heavy atom. The molecule has 3 aromatic rings. The van der Waals surface area contributed by atoms with E-state index in [-0.39, 0.29) is 28.6 Å². The summed E-state index contributed by atoms with van der Waals surface area (Å²) in [6, 6.07) is 8.70. The van der Waals surface area contributed by atoms with Gasteiger partial charge in [-0.1, -0.05) is 45.2 Å². The third kappa shape index (κ3) is 6.15. The molecule has 0 saturated heterocycles. The van der Waals surface area contributed by atoms with E-state index < -0.39 is 11.4 Å². The average molecular weight is 441 g/mol. The van der Waals surface area contributed by atoms with Crippen LogP contribution in [0.15, 0.2) is 56.6 Å². The molecule has 0 spiro atoms. The number of aromatic nitrogens is 1. The van der Waals surface area contributed by atoms with Crippen molar-refractivity contribution in [3.63, 3.8) is 0 Å². The van der Waals surface area contributed by atoms with Gasteiger partial charge in [0.1, 0.15) is 11.4 Å². The number of esters is 1. The standard InChI is InChI=1S/C25H28FNO5/c1-17(2)24(29)31-12-7-5-3-4-6-11-27-16-19-14-21(18-9-8-10-20(26)13-18)25(30)32-22(19)15-23(27)28/h8-10,13-17H,3-7,11-12H2,1-2H3. The van der Waals surface area contributed by atoms with Crippen molar-refractivity contribution in [3.8, 4) is 11.1 Å². The number of halogens is 1. The Morgan fingerprint density at radius 1 is 1.06 bits per heavy atom. The summed E-state index contributed by atoms with van der Waals surface area (Å²) in [5.41, 5.74) is 0.0456. The summed E-state index contributed by atoms with van der Waals surface area (Å²) < 4.78 is 25.6. The lowest BCUT2D eigenvalue weighted by molar-refractivity contribution is -0.147. The zero-order valence-corrected chi connectivity index (χ0v) is 18.4. The molecular weight excluding hydrogens is 413 g/mol. The first kappa shape index (κ1) is 23.4. The number of hydrogen-bond acceptors (Lipinski definition) is 5. The fraction of sp³-hybridized carbons (Fsp3) is 0.400. The van der Waals surface area contributed by atoms with Crippen molar-refractivity contribution >= 4 is 16.9 Å². The van der Waals surface area contributed by atoms with Crippen LogP contribution < -0.4 is 11.2 Å². The van der Waals surface area contributed by atoms with Crippen molar-refractivity contribution in [2.45, 2.75) is 52.5 Å². The molecule has 6 nitrogen and oxygen atoms in total. The van der Waals surface area contributed by atoms with E-state index in [1.807, 2.05) is 13.8 Å². The molecule has 3 rings (SSSR count). The molecule has 0 bridgehead atoms. The molecule has 170 valence electrons. The van der Waals surface area contributed by atoms with E-state index in [2.05, 4.69) is 0 Å². The minimum Gasteiger partial charge on any atom is -0.465 e. The summed E-state index contributed by atoms with van der Waals surface area (Å²) in [6.45, 7) is 4.62. The number of nitrogens with zero attached hydrogens (tertiary/aromatic N) is 1. The summed E-state index contributed by atoms with van der Waals surface area (Å²) in [4.78, 5) is 36.1. The number of carbonyl (C=O) groups excluding carboxylic acids is 1. The van der Waals surface area contributed by atoms with Crippen LogP contribution in [0.1, 0.15) is 46.0 Å². The number of unbranched alkanes of at least 4 members (excludes halogenated alkanes) is 4. The lowest BCUT2D eigenvalue weighted by Crippen LogP contribution is -2.19. The lowest BCUT2D eigenvalue weighted by atomic mass is 10.1. The molecule has 0 fully saturated rings. The van der Waals surface area contributed by atoms with E-state index in [9.17, 15) is 18.8 Å². The normalized spacial score (nSPS) is 11.2. The monoisotopic (exact) mass is 441 g/mol. The molecule has 32 heavy (non-hydrogen) atoms. The second-order valence-corrected chi connectivity index (χ2v) is 8.17. The van der Waals surface area contributed by atoms with Crippen LogP contribution in [0.3, 0.4) is 0 Å². The topological polar surface area (TPSA) is 78.5 Å². The van der Waals surface area contributed by atoms with E-state index in [1.54, 1.807) is 22.9 Å². The maximum atomic E-state index is 13.6. The minimum absolute atomic E-state index is 0.103. The second-order valence-electron chi connectivity index (χ2n) is 8.17. The van der Waals surface area contributed by atoms with Crippen LogP contribution in [0.4, 0.5) is 4.39 Å². The highest BCUT2D eigenvalue weighted by atomic mass is 19.1. The van der Waals surface area contributed by atoms with E-state index in [4.69, 9.17) is 9.15 Å². The third-order valence-electron chi connectivity index (χ3n) is 5.23. The van der Waals surface area contributed by atoms with Gasteiger partial charge in [0.2, 0.25) is 0 Å². The number of ether oxygens (including phenoxy) is 1. The quantitative estimate of drug-likeness (QED) is 0.330. The number of pyridine rings is 1. The molecule has 1 aromatic carbocycles. The van der Waals surface area contributed by atoms with Gasteiger partial charge in [0.15, 0.2) is 0 Å². The first-order valence-corrected chi connectivity index (χ1v) is 11.0. The molecular formula is C25H28FNO5. The van der Waals surface area contributed by atoms with Gasteiger partial charge >= 0.3 is 11.6 Å². The van der Waals surface area contributed by atoms with Gasteiger partial charge in [0.05, 0.1) is 18.1 Å². The SMILES string of the molecule is CC(C)C(=O)OCCCCCCCn1cc2cc(-c3cccc(F)c3)c(=O)oc2cc1=O. The molecule has 2 aromatic heterocycles. The molecule has 0 amide bonds. The first-order valence-electron chi connectivity index (χ1n) is 11.0. The molecule has 0 aliphatic rings. The predicted octanol–water partition coefficient (Wildman–Crippen LogP) is 4.91. The number of rotatable bonds is 10. The molecule has 0 saturated carbocycles. The van der Waals surface area contributed by atoms with Crippen molar-refractivity contribution in [1.82, 2.24) is 4.57 Å². The first-order chi connectivity index (χ1) is 15.3. The van der Waals surface area contributed by atoms with Crippen LogP contribution in [0, 0.1) is 11.7 Å². The summed E-state index contributed by atoms with van der Waals surface area (Å²) in [7, 11) is 0. The molecule has 0 aliphatic carbocycles. The smallest absolute Gasteiger partial charge is 0.344 e. The second kappa shape index (κ2) is 10.9. The van der Waals surface area contributed by atoms with Crippen LogP contribution in [-0.2, 0) is 16.1 Å². The number of benzene rings is 1. The predicted molar refractivity (Wildman–Crippen MR) is 121 cm³/mol. The van der Waals surface area contributed by atoms with Crippen LogP contribution in [0.5, 0.6) is 0 Å². The molecule has 0 aliphatic heterocycles. The Morgan fingerprint density at radius 3 is 2.56 bits per heavy atom. The highest BCUT2D eigenvalue weighted by Crippen LogP contribution is 2.21. The van der Waals surface area contributed by atoms with Gasteiger partial charge in [-0.3, -0.25) is 9.59 Å². The Bertz CT molecular complexity index is 1190. The highest BCUT2D eigenvalue weighted by Gasteiger charge is 2.11. The van der Waals surface area contributed by atoms with Crippen molar-refractivity contribution in [3.05, 3.63) is 69.2 Å². The Labute approximate surface area is 185 Å². The Hall–Kier alpha value is -3.22. The van der Waals surface area contributed by atoms with Crippen LogP contribution in [0.2, 0.25) is 0 Å². The highest BCUT2D eigenvalue weighted by molar-refractivity contribution is 5.80. The van der Waals surface area contributed by atoms with Gasteiger partial charge in [-0.05, 0) is 36.6 Å². The lowest BCUT2D eigenvalue weighted by Gasteiger charge is -2.09. The van der Waals surface area contributed by atoms with Gasteiger partial charge in [-0.15, -0.1) is 0 Å². The van der Waals surface area contributed by atoms with E-state index in [0.29, 0.717) is 24.1 Å². The van der Waals surface area contributed by atoms with Crippen molar-refractivity contribution in [2.75, 3.05) is 6.61 Å². The average Bonchev–Trinajstić information content (AvgIpc) is 2.75. The number of carbonyl (C=O) groups is 1. The zero-order chi connectivity index (χ0) is 23.1. The van der Waals surface area contributed by atoms with Crippen molar-refractivity contribution < 1.29 is 18.3 Å². The van der Waals surface area contributed by atoms with Gasteiger partial charge in [-0.2, -0.15) is 0 Å². The van der Waals surface area contributed by atoms with Crippen LogP contribution >= 0.6 is 0 Å². The molecule has 7 heteroatoms. The maximum Gasteiger partial charge on any atom is 0.344 e. The fourth-order valence-corrected chi connectivity index (χ4v) is 3.43. The minimum atomic E-state index is -0.612. The summed E-state index contributed by atoms with van der Waals surface area (Å²) in [5.74, 6) is -0.713. The third-order valence-corrected chi connectivity index (χ3v) is 5.23. The van der Waals surface area contributed by atoms with Gasteiger partial charge in [0.25, 0.3) is 5.56 Å². The number of aryl methyl sites for hydroxylation is 1. The Kier molecular flexibility index (Phi) is 7.98. The summed E-state index contributed by atoms with van der Waals surface area (Å²) >= 11 is 0. The molecule has 0 unspecified atom stereocenters. The fourth-order valence-electron chi connectivity index (χ4n) is 3.43. The Balaban J connectivity index is 1.58. The van der Waals surface area contributed by atoms with Crippen LogP contribution in [0.25, 0.3) is 22.1 Å². The molecule has 2 heterocycles. The van der Waals surface area contributed by atoms with E-state index >= 15 is 0 Å². The van der Waals surface area contributed by atoms with Gasteiger partial charge in [0, 0.05) is 24.2 Å². The summed E-state index contributed by atoms with van der Waals surface area (Å²) in [6.07, 6.45) is 6.22. The number of fused-ring (bicyclic) bond motifs is 1. The largest absolute Gasteiger partial charge is 0.465 e. The van der Waals surface area contributed by atoms with Crippen molar-refractivity contribution in [1.29, 1.82) is 0 Å². The summed E-state index contributed by atoms with van der Waals surface area (Å²) in [5, 5.41) is 0.607. The maximum absolute atomic E-state index is 13.6. The zero-order valence-electron chi connectivity index (χ0n) is 18.4. The molecule has 0 atom stereocenters. The van der Waals surface area contributed by atoms with Crippen molar-refractivity contribution in [2.24, 2.45) is 5.92 Å². The molecule has 0 N–H and O–H groups in total. The van der Waals surface area contributed by atoms with E-state index in [0.717, 1.165) is 32.1 Å². The number of hydrogen-bond donors (Lipinski definition) is 0.